The standard InChI is InChI=1S/C18H22N2O/c1-13(2)15-9-7-14(8-10-15)12-20-18(21)11-16-5-3-4-6-17(16)19/h3-10,13H,11-12,19H2,1-2H3,(H,20,21). The highest BCUT2D eigenvalue weighted by molar-refractivity contribution is 5.80. The first-order valence-electron chi connectivity index (χ1n) is 7.25. The zero-order valence-corrected chi connectivity index (χ0v) is 12.6. The van der Waals surface area contributed by atoms with E-state index in [4.69, 9.17) is 5.73 Å². The molecule has 0 aliphatic heterocycles. The lowest BCUT2D eigenvalue weighted by Gasteiger charge is -2.09. The predicted octanol–water partition coefficient (Wildman–Crippen LogP) is 3.25. The van der Waals surface area contributed by atoms with E-state index in [2.05, 4.69) is 43.4 Å². The van der Waals surface area contributed by atoms with Gasteiger partial charge in [-0.2, -0.15) is 0 Å². The Morgan fingerprint density at radius 3 is 2.38 bits per heavy atom. The lowest BCUT2D eigenvalue weighted by atomic mass is 10.0. The normalized spacial score (nSPS) is 10.6. The number of nitrogen functional groups attached to an aromatic ring is 1. The summed E-state index contributed by atoms with van der Waals surface area (Å²) in [5.41, 5.74) is 9.78. The predicted molar refractivity (Wildman–Crippen MR) is 86.9 cm³/mol. The summed E-state index contributed by atoms with van der Waals surface area (Å²) in [7, 11) is 0. The minimum absolute atomic E-state index is 0.0131. The molecule has 2 aromatic carbocycles. The van der Waals surface area contributed by atoms with E-state index in [0.29, 0.717) is 24.6 Å². The molecule has 21 heavy (non-hydrogen) atoms. The minimum atomic E-state index is -0.0131. The largest absolute Gasteiger partial charge is 0.398 e. The molecule has 0 atom stereocenters. The third-order valence-corrected chi connectivity index (χ3v) is 3.54. The number of anilines is 1. The molecule has 0 heterocycles. The van der Waals surface area contributed by atoms with Crippen LogP contribution in [-0.2, 0) is 17.8 Å². The number of carbonyl (C=O) groups excluding carboxylic acids is 1. The zero-order valence-electron chi connectivity index (χ0n) is 12.6. The Morgan fingerprint density at radius 1 is 1.10 bits per heavy atom. The number of carbonyl (C=O) groups is 1. The minimum Gasteiger partial charge on any atom is -0.398 e. The van der Waals surface area contributed by atoms with Gasteiger partial charge in [0.1, 0.15) is 0 Å². The second kappa shape index (κ2) is 6.93. The van der Waals surface area contributed by atoms with Gasteiger partial charge in [0.05, 0.1) is 6.42 Å². The first kappa shape index (κ1) is 15.1. The average Bonchev–Trinajstić information content (AvgIpc) is 2.48. The molecule has 2 rings (SSSR count). The number of nitrogens with one attached hydrogen (secondary N) is 1. The molecule has 3 N–H and O–H groups in total. The van der Waals surface area contributed by atoms with E-state index in [1.165, 1.54) is 5.56 Å². The van der Waals surface area contributed by atoms with Crippen molar-refractivity contribution in [2.45, 2.75) is 32.7 Å². The van der Waals surface area contributed by atoms with Crippen molar-refractivity contribution in [3.63, 3.8) is 0 Å². The van der Waals surface area contributed by atoms with Crippen LogP contribution in [0.4, 0.5) is 5.69 Å². The summed E-state index contributed by atoms with van der Waals surface area (Å²) in [6.45, 7) is 4.88. The molecule has 0 saturated carbocycles. The number of rotatable bonds is 5. The van der Waals surface area contributed by atoms with Crippen molar-refractivity contribution in [2.75, 3.05) is 5.73 Å². The zero-order chi connectivity index (χ0) is 15.2. The van der Waals surface area contributed by atoms with Gasteiger partial charge in [-0.05, 0) is 28.7 Å². The van der Waals surface area contributed by atoms with Crippen LogP contribution in [0.1, 0.15) is 36.5 Å². The number of hydrogen-bond acceptors (Lipinski definition) is 2. The van der Waals surface area contributed by atoms with E-state index in [9.17, 15) is 4.79 Å². The van der Waals surface area contributed by atoms with Gasteiger partial charge in [0.15, 0.2) is 0 Å². The Morgan fingerprint density at radius 2 is 1.76 bits per heavy atom. The molecule has 1 amide bonds. The highest BCUT2D eigenvalue weighted by atomic mass is 16.1. The highest BCUT2D eigenvalue weighted by Crippen LogP contribution is 2.15. The third-order valence-electron chi connectivity index (χ3n) is 3.54. The summed E-state index contributed by atoms with van der Waals surface area (Å²) in [6.07, 6.45) is 0.316. The molecule has 110 valence electrons. The number of para-hydroxylation sites is 1. The van der Waals surface area contributed by atoms with Gasteiger partial charge >= 0.3 is 0 Å². The molecule has 0 bridgehead atoms. The smallest absolute Gasteiger partial charge is 0.224 e. The van der Waals surface area contributed by atoms with E-state index in [1.54, 1.807) is 0 Å². The van der Waals surface area contributed by atoms with Gasteiger partial charge in [-0.15, -0.1) is 0 Å². The second-order valence-electron chi connectivity index (χ2n) is 5.55. The van der Waals surface area contributed by atoms with Gasteiger partial charge < -0.3 is 11.1 Å². The first-order chi connectivity index (χ1) is 10.1. The van der Waals surface area contributed by atoms with E-state index in [1.807, 2.05) is 24.3 Å². The van der Waals surface area contributed by atoms with Crippen LogP contribution in [0.15, 0.2) is 48.5 Å². The molecule has 0 unspecified atom stereocenters. The van der Waals surface area contributed by atoms with Gasteiger partial charge in [-0.3, -0.25) is 4.79 Å². The molecule has 0 aliphatic rings. The number of nitrogens with two attached hydrogens (primary N) is 1. The number of benzene rings is 2. The van der Waals surface area contributed by atoms with Crippen LogP contribution in [-0.4, -0.2) is 5.91 Å². The molecule has 2 aromatic rings. The van der Waals surface area contributed by atoms with Crippen molar-refractivity contribution in [1.29, 1.82) is 0 Å². The van der Waals surface area contributed by atoms with Gasteiger partial charge in [-0.25, -0.2) is 0 Å². The summed E-state index contributed by atoms with van der Waals surface area (Å²) in [4.78, 5) is 11.9. The van der Waals surface area contributed by atoms with Crippen molar-refractivity contribution in [1.82, 2.24) is 5.32 Å². The fraction of sp³-hybridized carbons (Fsp3) is 0.278. The quantitative estimate of drug-likeness (QED) is 0.827. The van der Waals surface area contributed by atoms with Crippen molar-refractivity contribution >= 4 is 11.6 Å². The molecule has 0 aromatic heterocycles. The molecule has 0 aliphatic carbocycles. The molecule has 0 saturated heterocycles. The van der Waals surface area contributed by atoms with Crippen LogP contribution in [0, 0.1) is 0 Å². The molecule has 3 heteroatoms. The first-order valence-corrected chi connectivity index (χ1v) is 7.25. The van der Waals surface area contributed by atoms with Gasteiger partial charge in [0, 0.05) is 12.2 Å². The van der Waals surface area contributed by atoms with Gasteiger partial charge in [0.2, 0.25) is 5.91 Å². The number of hydrogen-bond donors (Lipinski definition) is 2. The van der Waals surface area contributed by atoms with Crippen LogP contribution in [0.25, 0.3) is 0 Å². The highest BCUT2D eigenvalue weighted by Gasteiger charge is 2.06. The fourth-order valence-corrected chi connectivity index (χ4v) is 2.15. The summed E-state index contributed by atoms with van der Waals surface area (Å²) in [5, 5.41) is 2.93. The van der Waals surface area contributed by atoms with Gasteiger partial charge in [0.25, 0.3) is 0 Å². The maximum atomic E-state index is 11.9. The second-order valence-corrected chi connectivity index (χ2v) is 5.55. The van der Waals surface area contributed by atoms with Crippen molar-refractivity contribution in [3.8, 4) is 0 Å². The molecular weight excluding hydrogens is 260 g/mol. The average molecular weight is 282 g/mol. The summed E-state index contributed by atoms with van der Waals surface area (Å²) in [5.74, 6) is 0.510. The lowest BCUT2D eigenvalue weighted by Crippen LogP contribution is -2.24. The number of amides is 1. The molecule has 0 fully saturated rings. The Labute approximate surface area is 126 Å². The van der Waals surface area contributed by atoms with Crippen LogP contribution in [0.2, 0.25) is 0 Å². The van der Waals surface area contributed by atoms with Crippen molar-refractivity contribution in [3.05, 3.63) is 65.2 Å². The SMILES string of the molecule is CC(C)c1ccc(CNC(=O)Cc2ccccc2N)cc1. The lowest BCUT2D eigenvalue weighted by molar-refractivity contribution is -0.120. The maximum Gasteiger partial charge on any atom is 0.224 e. The van der Waals surface area contributed by atoms with Crippen molar-refractivity contribution in [2.24, 2.45) is 0 Å². The van der Waals surface area contributed by atoms with Crippen LogP contribution in [0.5, 0.6) is 0 Å². The fourth-order valence-electron chi connectivity index (χ4n) is 2.15. The Hall–Kier alpha value is -2.29. The van der Waals surface area contributed by atoms with Crippen LogP contribution >= 0.6 is 0 Å². The summed E-state index contributed by atoms with van der Waals surface area (Å²) >= 11 is 0. The Balaban J connectivity index is 1.88. The van der Waals surface area contributed by atoms with Crippen molar-refractivity contribution < 1.29 is 4.79 Å². The molecule has 3 nitrogen and oxygen atoms in total. The van der Waals surface area contributed by atoms with Crippen LogP contribution in [0.3, 0.4) is 0 Å². The van der Waals surface area contributed by atoms with E-state index in [0.717, 1.165) is 11.1 Å². The van der Waals surface area contributed by atoms with E-state index < -0.39 is 0 Å². The summed E-state index contributed by atoms with van der Waals surface area (Å²) < 4.78 is 0. The third kappa shape index (κ3) is 4.35. The Kier molecular flexibility index (Phi) is 4.99. The van der Waals surface area contributed by atoms with E-state index in [-0.39, 0.29) is 5.91 Å². The monoisotopic (exact) mass is 282 g/mol. The maximum absolute atomic E-state index is 11.9. The Bertz CT molecular complexity index is 603. The van der Waals surface area contributed by atoms with Gasteiger partial charge in [-0.1, -0.05) is 56.3 Å². The summed E-state index contributed by atoms with van der Waals surface area (Å²) in [6, 6.07) is 15.8. The van der Waals surface area contributed by atoms with Crippen LogP contribution < -0.4 is 11.1 Å². The molecule has 0 spiro atoms. The topological polar surface area (TPSA) is 55.1 Å². The molecule has 0 radical (unpaired) electrons. The molecular formula is C18H22N2O. The van der Waals surface area contributed by atoms with E-state index >= 15 is 0 Å².